The Labute approximate surface area is 121 Å². The highest BCUT2D eigenvalue weighted by atomic mass is 35.5. The molecule has 2 rings (SSSR count). The molecule has 0 saturated heterocycles. The van der Waals surface area contributed by atoms with E-state index in [1.807, 2.05) is 31.2 Å². The zero-order valence-electron chi connectivity index (χ0n) is 11.8. The van der Waals surface area contributed by atoms with Crippen molar-refractivity contribution in [2.24, 2.45) is 17.1 Å². The second-order valence-electron chi connectivity index (χ2n) is 6.08. The third-order valence-corrected chi connectivity index (χ3v) is 5.37. The van der Waals surface area contributed by atoms with Crippen molar-refractivity contribution in [3.63, 3.8) is 0 Å². The molecule has 3 heteroatoms. The lowest BCUT2D eigenvalue weighted by Crippen LogP contribution is -2.47. The van der Waals surface area contributed by atoms with Crippen molar-refractivity contribution < 1.29 is 5.11 Å². The number of aliphatic hydroxyl groups is 1. The molecule has 3 unspecified atom stereocenters. The second kappa shape index (κ2) is 5.43. The lowest BCUT2D eigenvalue weighted by atomic mass is 9.67. The summed E-state index contributed by atoms with van der Waals surface area (Å²) in [7, 11) is 0. The van der Waals surface area contributed by atoms with Crippen LogP contribution in [0.2, 0.25) is 5.02 Å². The minimum Gasteiger partial charge on any atom is -0.385 e. The molecule has 19 heavy (non-hydrogen) atoms. The maximum Gasteiger partial charge on any atom is 0.0936 e. The molecule has 0 radical (unpaired) electrons. The van der Waals surface area contributed by atoms with Gasteiger partial charge in [-0.3, -0.25) is 0 Å². The van der Waals surface area contributed by atoms with E-state index >= 15 is 0 Å². The molecule has 3 N–H and O–H groups in total. The van der Waals surface area contributed by atoms with E-state index in [9.17, 15) is 5.11 Å². The Hall–Kier alpha value is -0.570. The maximum atomic E-state index is 11.1. The van der Waals surface area contributed by atoms with Gasteiger partial charge in [0.1, 0.15) is 0 Å². The van der Waals surface area contributed by atoms with Crippen molar-refractivity contribution >= 4 is 11.6 Å². The molecule has 106 valence electrons. The van der Waals surface area contributed by atoms with Crippen LogP contribution in [0.4, 0.5) is 0 Å². The molecule has 0 amide bonds. The second-order valence-corrected chi connectivity index (χ2v) is 6.52. The standard InChI is InChI=1S/C16H24ClNO/c1-3-12-8-9-16(10-12,11-18)15(2,19)13-4-6-14(17)7-5-13/h4-7,12,19H,3,8-11,18H2,1-2H3. The van der Waals surface area contributed by atoms with E-state index in [0.29, 0.717) is 17.5 Å². The predicted molar refractivity (Wildman–Crippen MR) is 80.1 cm³/mol. The molecule has 1 aliphatic rings. The van der Waals surface area contributed by atoms with Gasteiger partial charge in [0.2, 0.25) is 0 Å². The summed E-state index contributed by atoms with van der Waals surface area (Å²) in [5, 5.41) is 11.8. The minimum atomic E-state index is -0.893. The summed E-state index contributed by atoms with van der Waals surface area (Å²) in [5.74, 6) is 0.683. The average Bonchev–Trinajstić information content (AvgIpc) is 2.84. The zero-order valence-corrected chi connectivity index (χ0v) is 12.6. The summed E-state index contributed by atoms with van der Waals surface area (Å²) in [6.07, 6.45) is 4.34. The molecule has 1 aromatic carbocycles. The molecule has 1 aliphatic carbocycles. The van der Waals surface area contributed by atoms with Gasteiger partial charge < -0.3 is 10.8 Å². The summed E-state index contributed by atoms with van der Waals surface area (Å²) in [6.45, 7) is 4.65. The van der Waals surface area contributed by atoms with Crippen LogP contribution in [0, 0.1) is 11.3 Å². The van der Waals surface area contributed by atoms with Crippen LogP contribution in [0.3, 0.4) is 0 Å². The number of halogens is 1. The van der Waals surface area contributed by atoms with Gasteiger partial charge in [-0.25, -0.2) is 0 Å². The first-order valence-electron chi connectivity index (χ1n) is 7.13. The van der Waals surface area contributed by atoms with Crippen molar-refractivity contribution in [3.8, 4) is 0 Å². The fourth-order valence-corrected chi connectivity index (χ4v) is 3.62. The molecule has 3 atom stereocenters. The lowest BCUT2D eigenvalue weighted by Gasteiger charge is -2.43. The fraction of sp³-hybridized carbons (Fsp3) is 0.625. The molecule has 0 aromatic heterocycles. The Morgan fingerprint density at radius 1 is 1.42 bits per heavy atom. The van der Waals surface area contributed by atoms with Crippen LogP contribution < -0.4 is 5.73 Å². The third-order valence-electron chi connectivity index (χ3n) is 5.12. The van der Waals surface area contributed by atoms with Gasteiger partial charge in [-0.05, 0) is 49.8 Å². The summed E-state index contributed by atoms with van der Waals surface area (Å²) in [5.41, 5.74) is 5.87. The summed E-state index contributed by atoms with van der Waals surface area (Å²) in [6, 6.07) is 7.50. The molecule has 0 bridgehead atoms. The largest absolute Gasteiger partial charge is 0.385 e. The molecular weight excluding hydrogens is 258 g/mol. The molecule has 1 saturated carbocycles. The van der Waals surface area contributed by atoms with E-state index in [-0.39, 0.29) is 5.41 Å². The van der Waals surface area contributed by atoms with Crippen LogP contribution >= 0.6 is 11.6 Å². The van der Waals surface area contributed by atoms with Gasteiger partial charge in [-0.2, -0.15) is 0 Å². The van der Waals surface area contributed by atoms with Crippen molar-refractivity contribution in [2.45, 2.75) is 45.1 Å². The number of hydrogen-bond donors (Lipinski definition) is 2. The number of benzene rings is 1. The van der Waals surface area contributed by atoms with Crippen LogP contribution in [0.25, 0.3) is 0 Å². The van der Waals surface area contributed by atoms with E-state index in [1.54, 1.807) is 0 Å². The van der Waals surface area contributed by atoms with E-state index in [2.05, 4.69) is 6.92 Å². The Bertz CT molecular complexity index is 429. The van der Waals surface area contributed by atoms with E-state index in [0.717, 1.165) is 24.8 Å². The maximum absolute atomic E-state index is 11.1. The smallest absolute Gasteiger partial charge is 0.0936 e. The van der Waals surface area contributed by atoms with Crippen molar-refractivity contribution in [3.05, 3.63) is 34.9 Å². The highest BCUT2D eigenvalue weighted by Crippen LogP contribution is 2.53. The highest BCUT2D eigenvalue weighted by Gasteiger charge is 2.50. The highest BCUT2D eigenvalue weighted by molar-refractivity contribution is 6.30. The van der Waals surface area contributed by atoms with E-state index in [4.69, 9.17) is 17.3 Å². The summed E-state index contributed by atoms with van der Waals surface area (Å²) >= 11 is 5.93. The SMILES string of the molecule is CCC1CCC(CN)(C(C)(O)c2ccc(Cl)cc2)C1. The average molecular weight is 282 g/mol. The van der Waals surface area contributed by atoms with Crippen LogP contribution in [0.5, 0.6) is 0 Å². The minimum absolute atomic E-state index is 0.207. The molecular formula is C16H24ClNO. The zero-order chi connectivity index (χ0) is 14.1. The van der Waals surface area contributed by atoms with Crippen molar-refractivity contribution in [1.82, 2.24) is 0 Å². The number of hydrogen-bond acceptors (Lipinski definition) is 2. The molecule has 1 fully saturated rings. The summed E-state index contributed by atoms with van der Waals surface area (Å²) in [4.78, 5) is 0. The monoisotopic (exact) mass is 281 g/mol. The first-order chi connectivity index (χ1) is 8.95. The summed E-state index contributed by atoms with van der Waals surface area (Å²) < 4.78 is 0. The third kappa shape index (κ3) is 2.54. The topological polar surface area (TPSA) is 46.2 Å². The van der Waals surface area contributed by atoms with Crippen molar-refractivity contribution in [2.75, 3.05) is 6.54 Å². The number of nitrogens with two attached hydrogens (primary N) is 1. The molecule has 1 aromatic rings. The van der Waals surface area contributed by atoms with Crippen LogP contribution in [0.1, 0.15) is 45.1 Å². The normalized spacial score (nSPS) is 30.3. The van der Waals surface area contributed by atoms with Crippen LogP contribution in [-0.4, -0.2) is 11.7 Å². The van der Waals surface area contributed by atoms with Gasteiger partial charge in [0, 0.05) is 17.0 Å². The molecule has 0 aliphatic heterocycles. The van der Waals surface area contributed by atoms with Crippen molar-refractivity contribution in [1.29, 1.82) is 0 Å². The fourth-order valence-electron chi connectivity index (χ4n) is 3.49. The van der Waals surface area contributed by atoms with Gasteiger partial charge in [0.05, 0.1) is 5.60 Å². The van der Waals surface area contributed by atoms with Gasteiger partial charge in [-0.1, -0.05) is 37.1 Å². The molecule has 2 nitrogen and oxygen atoms in total. The van der Waals surface area contributed by atoms with Crippen LogP contribution in [-0.2, 0) is 5.60 Å². The first kappa shape index (κ1) is 14.8. The van der Waals surface area contributed by atoms with Gasteiger partial charge in [-0.15, -0.1) is 0 Å². The van der Waals surface area contributed by atoms with Gasteiger partial charge >= 0.3 is 0 Å². The Morgan fingerprint density at radius 3 is 2.53 bits per heavy atom. The Morgan fingerprint density at radius 2 is 2.05 bits per heavy atom. The van der Waals surface area contributed by atoms with E-state index in [1.165, 1.54) is 6.42 Å². The van der Waals surface area contributed by atoms with Gasteiger partial charge in [0.15, 0.2) is 0 Å². The molecule has 0 spiro atoms. The number of rotatable bonds is 4. The lowest BCUT2D eigenvalue weighted by molar-refractivity contribution is -0.0715. The van der Waals surface area contributed by atoms with Crippen LogP contribution in [0.15, 0.2) is 24.3 Å². The Kier molecular flexibility index (Phi) is 4.24. The predicted octanol–water partition coefficient (Wildman–Crippen LogP) is 3.70. The van der Waals surface area contributed by atoms with Gasteiger partial charge in [0.25, 0.3) is 0 Å². The molecule has 0 heterocycles. The quantitative estimate of drug-likeness (QED) is 0.884. The first-order valence-corrected chi connectivity index (χ1v) is 7.51. The Balaban J connectivity index is 2.33. The van der Waals surface area contributed by atoms with E-state index < -0.39 is 5.60 Å².